The maximum absolute atomic E-state index is 13.9. The molecule has 1 aliphatic heterocycles. The summed E-state index contributed by atoms with van der Waals surface area (Å²) in [6.07, 6.45) is 7.86. The topological polar surface area (TPSA) is 57.6 Å². The van der Waals surface area contributed by atoms with Crippen LogP contribution in [-0.2, 0) is 9.59 Å². The number of nitrogens with zero attached hydrogens (tertiary/aromatic N) is 1. The molecule has 1 aromatic rings. The lowest BCUT2D eigenvalue weighted by Gasteiger charge is -2.50. The van der Waals surface area contributed by atoms with Crippen LogP contribution in [0.2, 0.25) is 0 Å². The fourth-order valence-corrected chi connectivity index (χ4v) is 5.85. The number of fused-ring (bicyclic) bond motifs is 1. The number of carboxylic acids is 1. The van der Waals surface area contributed by atoms with Crippen LogP contribution >= 0.6 is 0 Å². The number of hydrogen-bond acceptors (Lipinski definition) is 2. The van der Waals surface area contributed by atoms with Crippen LogP contribution < -0.4 is 4.90 Å². The Morgan fingerprint density at radius 2 is 1.78 bits per heavy atom. The second kappa shape index (κ2) is 6.92. The smallest absolute Gasteiger partial charge is 0.307 e. The van der Waals surface area contributed by atoms with E-state index in [1.54, 1.807) is 12.1 Å². The van der Waals surface area contributed by atoms with Crippen LogP contribution in [0.1, 0.15) is 76.2 Å². The van der Waals surface area contributed by atoms with Gasteiger partial charge in [0.2, 0.25) is 5.91 Å². The molecule has 1 spiro atoms. The first-order chi connectivity index (χ1) is 12.9. The summed E-state index contributed by atoms with van der Waals surface area (Å²) in [5, 5.41) is 9.67. The van der Waals surface area contributed by atoms with Gasteiger partial charge >= 0.3 is 5.97 Å². The highest BCUT2D eigenvalue weighted by Gasteiger charge is 2.50. The molecular formula is C22H28FNO3. The number of benzene rings is 1. The molecule has 2 fully saturated rings. The van der Waals surface area contributed by atoms with Crippen molar-refractivity contribution in [1.29, 1.82) is 0 Å². The minimum Gasteiger partial charge on any atom is -0.481 e. The van der Waals surface area contributed by atoms with E-state index in [1.165, 1.54) is 6.07 Å². The summed E-state index contributed by atoms with van der Waals surface area (Å²) in [6, 6.07) is 4.71. The third kappa shape index (κ3) is 3.05. The number of carbonyl (C=O) groups is 2. The van der Waals surface area contributed by atoms with Crippen molar-refractivity contribution in [1.82, 2.24) is 0 Å². The number of aliphatic carboxylic acids is 1. The Bertz CT molecular complexity index is 756. The van der Waals surface area contributed by atoms with E-state index in [2.05, 4.69) is 6.92 Å². The van der Waals surface area contributed by atoms with Gasteiger partial charge in [0.25, 0.3) is 0 Å². The molecule has 0 aromatic heterocycles. The van der Waals surface area contributed by atoms with Crippen LogP contribution in [0.15, 0.2) is 18.2 Å². The molecule has 2 saturated carbocycles. The molecule has 1 N–H and O–H groups in total. The molecule has 0 bridgehead atoms. The Morgan fingerprint density at radius 1 is 1.11 bits per heavy atom. The predicted molar refractivity (Wildman–Crippen MR) is 101 cm³/mol. The van der Waals surface area contributed by atoms with Crippen LogP contribution in [0.4, 0.5) is 10.1 Å². The zero-order valence-corrected chi connectivity index (χ0v) is 15.9. The van der Waals surface area contributed by atoms with Gasteiger partial charge in [-0.15, -0.1) is 0 Å². The summed E-state index contributed by atoms with van der Waals surface area (Å²) in [6.45, 7) is 2.11. The molecule has 146 valence electrons. The average molecular weight is 373 g/mol. The zero-order valence-electron chi connectivity index (χ0n) is 15.9. The van der Waals surface area contributed by atoms with Gasteiger partial charge in [0.15, 0.2) is 0 Å². The number of hydrogen-bond donors (Lipinski definition) is 1. The molecule has 0 unspecified atom stereocenters. The fraction of sp³-hybridized carbons (Fsp3) is 0.636. The minimum absolute atomic E-state index is 0.0521. The van der Waals surface area contributed by atoms with Crippen molar-refractivity contribution < 1.29 is 19.1 Å². The third-order valence-corrected chi connectivity index (χ3v) is 7.08. The second-order valence-electron chi connectivity index (χ2n) is 8.75. The van der Waals surface area contributed by atoms with Crippen LogP contribution in [0.25, 0.3) is 0 Å². The molecule has 0 saturated heterocycles. The highest BCUT2D eigenvalue weighted by molar-refractivity contribution is 6.00. The summed E-state index contributed by atoms with van der Waals surface area (Å²) < 4.78 is 13.9. The molecule has 4 rings (SSSR count). The molecule has 3 aliphatic rings. The summed E-state index contributed by atoms with van der Waals surface area (Å²) in [5.41, 5.74) is 1.45. The first-order valence-corrected chi connectivity index (χ1v) is 10.3. The van der Waals surface area contributed by atoms with E-state index in [9.17, 15) is 19.1 Å². The maximum atomic E-state index is 13.9. The second-order valence-corrected chi connectivity index (χ2v) is 8.75. The van der Waals surface area contributed by atoms with Gasteiger partial charge in [0.1, 0.15) is 5.82 Å². The van der Waals surface area contributed by atoms with Gasteiger partial charge in [0.05, 0.1) is 11.8 Å². The van der Waals surface area contributed by atoms with Crippen molar-refractivity contribution >= 4 is 17.6 Å². The number of rotatable bonds is 2. The number of carbonyl (C=O) groups excluding carboxylic acids is 1. The van der Waals surface area contributed by atoms with Crippen molar-refractivity contribution in [3.8, 4) is 0 Å². The average Bonchev–Trinajstić information content (AvgIpc) is 3.10. The van der Waals surface area contributed by atoms with Gasteiger partial charge in [-0.25, -0.2) is 4.39 Å². The van der Waals surface area contributed by atoms with E-state index in [-0.39, 0.29) is 23.2 Å². The van der Waals surface area contributed by atoms with Crippen molar-refractivity contribution in [3.63, 3.8) is 0 Å². The summed E-state index contributed by atoms with van der Waals surface area (Å²) in [4.78, 5) is 27.5. The van der Waals surface area contributed by atoms with Gasteiger partial charge in [-0.1, -0.05) is 32.6 Å². The molecule has 1 heterocycles. The number of anilines is 1. The maximum Gasteiger partial charge on any atom is 0.307 e. The van der Waals surface area contributed by atoms with Crippen LogP contribution in [0.3, 0.4) is 0 Å². The highest BCUT2D eigenvalue weighted by Crippen LogP contribution is 2.52. The first kappa shape index (κ1) is 18.5. The lowest BCUT2D eigenvalue weighted by Crippen LogP contribution is -2.57. The number of carboxylic acid groups (broad SMARTS) is 1. The van der Waals surface area contributed by atoms with E-state index < -0.39 is 17.8 Å². The van der Waals surface area contributed by atoms with Crippen molar-refractivity contribution in [3.05, 3.63) is 29.6 Å². The van der Waals surface area contributed by atoms with Gasteiger partial charge < -0.3 is 10.0 Å². The highest BCUT2D eigenvalue weighted by atomic mass is 19.1. The largest absolute Gasteiger partial charge is 0.481 e. The Balaban J connectivity index is 1.78. The minimum atomic E-state index is -0.863. The van der Waals surface area contributed by atoms with E-state index in [1.807, 2.05) is 4.90 Å². The molecule has 2 aliphatic carbocycles. The van der Waals surface area contributed by atoms with E-state index in [0.717, 1.165) is 56.2 Å². The van der Waals surface area contributed by atoms with E-state index >= 15 is 0 Å². The molecule has 4 nitrogen and oxygen atoms in total. The third-order valence-electron chi connectivity index (χ3n) is 7.08. The zero-order chi connectivity index (χ0) is 19.2. The molecule has 27 heavy (non-hydrogen) atoms. The van der Waals surface area contributed by atoms with Crippen molar-refractivity contribution in [2.75, 3.05) is 4.90 Å². The molecule has 1 aromatic carbocycles. The van der Waals surface area contributed by atoms with Crippen LogP contribution in [0, 0.1) is 17.7 Å². The predicted octanol–water partition coefficient (Wildman–Crippen LogP) is 4.87. The SMILES string of the molecule is C[C@@H]1CC2(CCCC2)N(C(=O)[C@@H]2CCCC[C@@H]2C(=O)O)c2ccc(F)cc21. The van der Waals surface area contributed by atoms with Crippen molar-refractivity contribution in [2.24, 2.45) is 11.8 Å². The Labute approximate surface area is 159 Å². The molecule has 5 heteroatoms. The standard InChI is InChI=1S/C22H28FNO3/c1-14-13-22(10-4-5-11-22)24(19-9-8-15(23)12-18(14)19)20(25)16-6-2-3-7-17(16)21(26)27/h8-9,12,14,16-17H,2-7,10-11,13H2,1H3,(H,26,27)/t14-,16-,17+/m1/s1. The molecule has 3 atom stereocenters. The van der Waals surface area contributed by atoms with Gasteiger partial charge in [-0.05, 0) is 61.8 Å². The van der Waals surface area contributed by atoms with E-state index in [0.29, 0.717) is 12.8 Å². The van der Waals surface area contributed by atoms with Crippen molar-refractivity contribution in [2.45, 2.75) is 76.2 Å². The van der Waals surface area contributed by atoms with Gasteiger partial charge in [0, 0.05) is 11.2 Å². The van der Waals surface area contributed by atoms with Crippen LogP contribution in [-0.4, -0.2) is 22.5 Å². The Hall–Kier alpha value is -1.91. The lowest BCUT2D eigenvalue weighted by atomic mass is 9.73. The lowest BCUT2D eigenvalue weighted by molar-refractivity contribution is -0.148. The first-order valence-electron chi connectivity index (χ1n) is 10.3. The van der Waals surface area contributed by atoms with Crippen LogP contribution in [0.5, 0.6) is 0 Å². The molecule has 0 radical (unpaired) electrons. The van der Waals surface area contributed by atoms with E-state index in [4.69, 9.17) is 0 Å². The normalized spacial score (nSPS) is 29.6. The Kier molecular flexibility index (Phi) is 4.73. The fourth-order valence-electron chi connectivity index (χ4n) is 5.85. The number of amides is 1. The van der Waals surface area contributed by atoms with Gasteiger partial charge in [-0.2, -0.15) is 0 Å². The monoisotopic (exact) mass is 373 g/mol. The quantitative estimate of drug-likeness (QED) is 0.805. The summed E-state index contributed by atoms with van der Waals surface area (Å²) in [5.74, 6) is -2.08. The van der Waals surface area contributed by atoms with Gasteiger partial charge in [-0.3, -0.25) is 9.59 Å². The Morgan fingerprint density at radius 3 is 2.44 bits per heavy atom. The number of halogens is 1. The summed E-state index contributed by atoms with van der Waals surface area (Å²) in [7, 11) is 0. The molecule has 1 amide bonds. The molecular weight excluding hydrogens is 345 g/mol. The summed E-state index contributed by atoms with van der Waals surface area (Å²) >= 11 is 0.